The van der Waals surface area contributed by atoms with Crippen LogP contribution in [0.2, 0.25) is 0 Å². The molecule has 4 rings (SSSR count). The summed E-state index contributed by atoms with van der Waals surface area (Å²) in [4.78, 5) is 14.8. The van der Waals surface area contributed by atoms with E-state index in [0.29, 0.717) is 19.0 Å². The molecule has 0 radical (unpaired) electrons. The number of benzene rings is 1. The van der Waals surface area contributed by atoms with Gasteiger partial charge in [0.15, 0.2) is 11.6 Å². The van der Waals surface area contributed by atoms with Crippen LogP contribution in [0.1, 0.15) is 25.1 Å². The molecule has 1 aromatic heterocycles. The SMILES string of the molecule is Cl.Cl.NC[C@H]1CCC[C@H]1C(=O)N1CCn2c(nnc2-c2ccccc2)C1. The number of nitrogens with zero attached hydrogens (tertiary/aromatic N) is 4. The maximum atomic E-state index is 12.9. The lowest BCUT2D eigenvalue weighted by Crippen LogP contribution is -2.43. The van der Waals surface area contributed by atoms with Gasteiger partial charge in [0, 0.05) is 24.6 Å². The number of hydrogen-bond acceptors (Lipinski definition) is 4. The Kier molecular flexibility index (Phi) is 7.03. The molecule has 1 aromatic carbocycles. The highest BCUT2D eigenvalue weighted by Crippen LogP contribution is 2.33. The van der Waals surface area contributed by atoms with Gasteiger partial charge < -0.3 is 15.2 Å². The Bertz CT molecular complexity index is 736. The van der Waals surface area contributed by atoms with E-state index in [1.165, 1.54) is 0 Å². The largest absolute Gasteiger partial charge is 0.333 e. The first-order chi connectivity index (χ1) is 11.8. The van der Waals surface area contributed by atoms with E-state index in [-0.39, 0.29) is 36.6 Å². The van der Waals surface area contributed by atoms with Crippen LogP contribution in [0.4, 0.5) is 0 Å². The molecule has 2 aliphatic rings. The number of rotatable bonds is 3. The number of hydrogen-bond donors (Lipinski definition) is 1. The summed E-state index contributed by atoms with van der Waals surface area (Å²) in [6.07, 6.45) is 3.16. The van der Waals surface area contributed by atoms with Crippen molar-refractivity contribution in [3.63, 3.8) is 0 Å². The van der Waals surface area contributed by atoms with Gasteiger partial charge in [0.2, 0.25) is 5.91 Å². The van der Waals surface area contributed by atoms with Gasteiger partial charge in [-0.3, -0.25) is 4.79 Å². The van der Waals surface area contributed by atoms with E-state index in [9.17, 15) is 4.79 Å². The Morgan fingerprint density at radius 1 is 1.12 bits per heavy atom. The summed E-state index contributed by atoms with van der Waals surface area (Å²) >= 11 is 0. The predicted octanol–water partition coefficient (Wildman–Crippen LogP) is 2.51. The lowest BCUT2D eigenvalue weighted by atomic mass is 9.94. The number of amides is 1. The summed E-state index contributed by atoms with van der Waals surface area (Å²) in [6, 6.07) is 10.1. The molecule has 1 aliphatic heterocycles. The van der Waals surface area contributed by atoms with Gasteiger partial charge in [0.05, 0.1) is 6.54 Å². The third kappa shape index (κ3) is 3.72. The highest BCUT2D eigenvalue weighted by molar-refractivity contribution is 5.85. The van der Waals surface area contributed by atoms with Crippen molar-refractivity contribution < 1.29 is 4.79 Å². The molecule has 1 saturated carbocycles. The zero-order valence-electron chi connectivity index (χ0n) is 14.6. The average Bonchev–Trinajstić information content (AvgIpc) is 3.27. The molecule has 0 unspecified atom stereocenters. The Balaban J connectivity index is 0.00000121. The van der Waals surface area contributed by atoms with Crippen LogP contribution in [0.3, 0.4) is 0 Å². The average molecular weight is 398 g/mol. The van der Waals surface area contributed by atoms with Crippen molar-refractivity contribution in [1.82, 2.24) is 19.7 Å². The Morgan fingerprint density at radius 2 is 1.88 bits per heavy atom. The summed E-state index contributed by atoms with van der Waals surface area (Å²) in [7, 11) is 0. The molecule has 0 bridgehead atoms. The quantitative estimate of drug-likeness (QED) is 0.862. The van der Waals surface area contributed by atoms with Gasteiger partial charge in [0.25, 0.3) is 0 Å². The summed E-state index contributed by atoms with van der Waals surface area (Å²) in [6.45, 7) is 2.63. The molecule has 26 heavy (non-hydrogen) atoms. The minimum atomic E-state index is 0. The summed E-state index contributed by atoms with van der Waals surface area (Å²) < 4.78 is 2.13. The Labute approximate surface area is 166 Å². The number of nitrogens with two attached hydrogens (primary N) is 1. The van der Waals surface area contributed by atoms with Crippen LogP contribution in [0, 0.1) is 11.8 Å². The van der Waals surface area contributed by atoms with Crippen LogP contribution in [-0.4, -0.2) is 38.7 Å². The van der Waals surface area contributed by atoms with E-state index in [0.717, 1.165) is 49.6 Å². The molecule has 0 saturated heterocycles. The van der Waals surface area contributed by atoms with Crippen LogP contribution in [-0.2, 0) is 17.9 Å². The molecule has 1 amide bonds. The zero-order chi connectivity index (χ0) is 16.5. The molecule has 1 fully saturated rings. The second-order valence-corrected chi connectivity index (χ2v) is 6.75. The maximum Gasteiger partial charge on any atom is 0.226 e. The first-order valence-corrected chi connectivity index (χ1v) is 8.74. The fraction of sp³-hybridized carbons (Fsp3) is 0.500. The number of carbonyl (C=O) groups is 1. The van der Waals surface area contributed by atoms with Gasteiger partial charge in [-0.2, -0.15) is 0 Å². The molecule has 0 spiro atoms. The van der Waals surface area contributed by atoms with Crippen molar-refractivity contribution in [2.24, 2.45) is 17.6 Å². The monoisotopic (exact) mass is 397 g/mol. The van der Waals surface area contributed by atoms with Crippen molar-refractivity contribution in [1.29, 1.82) is 0 Å². The van der Waals surface area contributed by atoms with E-state index < -0.39 is 0 Å². The summed E-state index contributed by atoms with van der Waals surface area (Å²) in [5.41, 5.74) is 6.90. The van der Waals surface area contributed by atoms with Crippen LogP contribution in [0.25, 0.3) is 11.4 Å². The highest BCUT2D eigenvalue weighted by Gasteiger charge is 2.36. The number of aromatic nitrogens is 3. The van der Waals surface area contributed by atoms with Crippen molar-refractivity contribution in [3.05, 3.63) is 36.2 Å². The van der Waals surface area contributed by atoms with Gasteiger partial charge in [-0.1, -0.05) is 36.8 Å². The summed E-state index contributed by atoms with van der Waals surface area (Å²) in [5.74, 6) is 2.45. The third-order valence-corrected chi connectivity index (χ3v) is 5.38. The molecule has 2 N–H and O–H groups in total. The van der Waals surface area contributed by atoms with Crippen LogP contribution in [0.5, 0.6) is 0 Å². The van der Waals surface area contributed by atoms with Crippen LogP contribution < -0.4 is 5.73 Å². The third-order valence-electron chi connectivity index (χ3n) is 5.38. The molecule has 8 heteroatoms. The molecule has 142 valence electrons. The first kappa shape index (κ1) is 20.7. The lowest BCUT2D eigenvalue weighted by molar-refractivity contribution is -0.138. The van der Waals surface area contributed by atoms with Gasteiger partial charge in [-0.25, -0.2) is 0 Å². The maximum absolute atomic E-state index is 12.9. The van der Waals surface area contributed by atoms with E-state index >= 15 is 0 Å². The zero-order valence-corrected chi connectivity index (χ0v) is 16.2. The Hall–Kier alpha value is -1.63. The standard InChI is InChI=1S/C18H23N5O.2ClH/c19-11-14-7-4-8-15(14)18(24)22-9-10-23-16(12-22)20-21-17(23)13-5-2-1-3-6-13;;/h1-3,5-6,14-15H,4,7-12,19H2;2*1H/t14-,15-;;/m1../s1. The fourth-order valence-electron chi connectivity index (χ4n) is 4.03. The van der Waals surface area contributed by atoms with Gasteiger partial charge >= 0.3 is 0 Å². The molecular weight excluding hydrogens is 373 g/mol. The molecule has 2 heterocycles. The summed E-state index contributed by atoms with van der Waals surface area (Å²) in [5, 5.41) is 8.67. The first-order valence-electron chi connectivity index (χ1n) is 8.74. The minimum Gasteiger partial charge on any atom is -0.333 e. The van der Waals surface area contributed by atoms with Crippen molar-refractivity contribution in [2.45, 2.75) is 32.4 Å². The molecule has 6 nitrogen and oxygen atoms in total. The van der Waals surface area contributed by atoms with Crippen molar-refractivity contribution in [3.8, 4) is 11.4 Å². The number of fused-ring (bicyclic) bond motifs is 1. The fourth-order valence-corrected chi connectivity index (χ4v) is 4.03. The van der Waals surface area contributed by atoms with Gasteiger partial charge in [0.1, 0.15) is 0 Å². The normalized spacial score (nSPS) is 21.5. The van der Waals surface area contributed by atoms with Crippen molar-refractivity contribution in [2.75, 3.05) is 13.1 Å². The van der Waals surface area contributed by atoms with Gasteiger partial charge in [-0.15, -0.1) is 35.0 Å². The van der Waals surface area contributed by atoms with E-state index in [1.54, 1.807) is 0 Å². The number of halogens is 2. The van der Waals surface area contributed by atoms with E-state index in [2.05, 4.69) is 14.8 Å². The highest BCUT2D eigenvalue weighted by atomic mass is 35.5. The molecule has 2 aromatic rings. The van der Waals surface area contributed by atoms with E-state index in [4.69, 9.17) is 5.73 Å². The van der Waals surface area contributed by atoms with E-state index in [1.807, 2.05) is 35.2 Å². The van der Waals surface area contributed by atoms with Crippen LogP contribution in [0.15, 0.2) is 30.3 Å². The Morgan fingerprint density at radius 3 is 2.62 bits per heavy atom. The molecule has 2 atom stereocenters. The van der Waals surface area contributed by atoms with Gasteiger partial charge in [-0.05, 0) is 25.3 Å². The van der Waals surface area contributed by atoms with Crippen LogP contribution >= 0.6 is 24.8 Å². The smallest absolute Gasteiger partial charge is 0.226 e. The lowest BCUT2D eigenvalue weighted by Gasteiger charge is -2.31. The number of carbonyl (C=O) groups excluding carboxylic acids is 1. The molecule has 1 aliphatic carbocycles. The second-order valence-electron chi connectivity index (χ2n) is 6.75. The molecular formula is C18H25Cl2N5O. The minimum absolute atomic E-state index is 0. The second kappa shape index (κ2) is 8.84. The predicted molar refractivity (Wildman–Crippen MR) is 105 cm³/mol. The van der Waals surface area contributed by atoms with Crippen molar-refractivity contribution >= 4 is 30.7 Å². The topological polar surface area (TPSA) is 77.0 Å².